The van der Waals surface area contributed by atoms with E-state index in [2.05, 4.69) is 57.2 Å². The molecule has 3 aromatic carbocycles. The second kappa shape index (κ2) is 10.6. The van der Waals surface area contributed by atoms with E-state index in [1.807, 2.05) is 30.3 Å². The van der Waals surface area contributed by atoms with Crippen molar-refractivity contribution in [3.63, 3.8) is 0 Å². The molecule has 0 aliphatic carbocycles. The standard InChI is InChI=1S/C26H31O3P/c1-4-5-8-13-21-18-19-25(29-30(27)28-23-16-11-7-12-17-23)24(20-21)26(2,3)22-14-9-6-10-15-22/h6-7,9-12,14-20,27H,4-5,8,13H2,1-3H3. The first kappa shape index (κ1) is 22.3. The molecule has 3 nitrogen and oxygen atoms in total. The summed E-state index contributed by atoms with van der Waals surface area (Å²) in [6.45, 7) is 6.60. The van der Waals surface area contributed by atoms with Gasteiger partial charge in [0.1, 0.15) is 11.5 Å². The predicted octanol–water partition coefficient (Wildman–Crippen LogP) is 7.42. The number of hydrogen-bond acceptors (Lipinski definition) is 3. The number of hydrogen-bond donors (Lipinski definition) is 1. The highest BCUT2D eigenvalue weighted by molar-refractivity contribution is 7.41. The Morgan fingerprint density at radius 2 is 1.50 bits per heavy atom. The summed E-state index contributed by atoms with van der Waals surface area (Å²) in [7, 11) is -2.09. The molecule has 1 unspecified atom stereocenters. The van der Waals surface area contributed by atoms with E-state index >= 15 is 0 Å². The van der Waals surface area contributed by atoms with Gasteiger partial charge in [-0.2, -0.15) is 0 Å². The summed E-state index contributed by atoms with van der Waals surface area (Å²) in [6, 6.07) is 26.0. The summed E-state index contributed by atoms with van der Waals surface area (Å²) in [5.74, 6) is 1.25. The highest BCUT2D eigenvalue weighted by atomic mass is 31.2. The van der Waals surface area contributed by atoms with E-state index in [4.69, 9.17) is 9.05 Å². The maximum atomic E-state index is 10.5. The fourth-order valence-electron chi connectivity index (χ4n) is 3.56. The fourth-order valence-corrected chi connectivity index (χ4v) is 4.23. The van der Waals surface area contributed by atoms with Crippen molar-refractivity contribution in [2.24, 2.45) is 0 Å². The molecule has 0 radical (unpaired) electrons. The molecule has 158 valence electrons. The van der Waals surface area contributed by atoms with Crippen LogP contribution in [0.25, 0.3) is 0 Å². The average Bonchev–Trinajstić information content (AvgIpc) is 2.76. The molecule has 0 bridgehead atoms. The van der Waals surface area contributed by atoms with Gasteiger partial charge in [-0.3, -0.25) is 0 Å². The molecule has 3 aromatic rings. The van der Waals surface area contributed by atoms with Gasteiger partial charge in [-0.15, -0.1) is 0 Å². The van der Waals surface area contributed by atoms with Gasteiger partial charge in [0.15, 0.2) is 0 Å². The SMILES string of the molecule is CCCCCc1ccc(OP(O)Oc2ccccc2)c(C(C)(C)c2ccccc2)c1. The molecular formula is C26H31O3P. The van der Waals surface area contributed by atoms with Crippen LogP contribution in [-0.2, 0) is 11.8 Å². The smallest absolute Gasteiger partial charge is 0.418 e. The summed E-state index contributed by atoms with van der Waals surface area (Å²) in [4.78, 5) is 10.5. The van der Waals surface area contributed by atoms with E-state index in [-0.39, 0.29) is 5.41 Å². The van der Waals surface area contributed by atoms with E-state index in [1.165, 1.54) is 30.4 Å². The van der Waals surface area contributed by atoms with Crippen molar-refractivity contribution < 1.29 is 13.9 Å². The van der Waals surface area contributed by atoms with Crippen molar-refractivity contribution >= 4 is 8.60 Å². The van der Waals surface area contributed by atoms with E-state index in [0.29, 0.717) is 11.5 Å². The largest absolute Gasteiger partial charge is 0.460 e. The molecule has 0 aromatic heterocycles. The zero-order valence-corrected chi connectivity index (χ0v) is 18.9. The predicted molar refractivity (Wildman–Crippen MR) is 125 cm³/mol. The zero-order valence-electron chi connectivity index (χ0n) is 18.0. The summed E-state index contributed by atoms with van der Waals surface area (Å²) >= 11 is 0. The summed E-state index contributed by atoms with van der Waals surface area (Å²) in [5, 5.41) is 0. The van der Waals surface area contributed by atoms with E-state index in [9.17, 15) is 4.89 Å². The second-order valence-corrected chi connectivity index (χ2v) is 8.85. The summed E-state index contributed by atoms with van der Waals surface area (Å²) < 4.78 is 11.5. The maximum absolute atomic E-state index is 10.5. The van der Waals surface area contributed by atoms with Gasteiger partial charge in [-0.1, -0.05) is 94.3 Å². The van der Waals surface area contributed by atoms with Gasteiger partial charge < -0.3 is 13.9 Å². The van der Waals surface area contributed by atoms with Crippen LogP contribution in [0.3, 0.4) is 0 Å². The molecule has 4 heteroatoms. The van der Waals surface area contributed by atoms with Gasteiger partial charge >= 0.3 is 8.60 Å². The number of para-hydroxylation sites is 1. The van der Waals surface area contributed by atoms with Crippen LogP contribution in [0.5, 0.6) is 11.5 Å². The summed E-state index contributed by atoms with van der Waals surface area (Å²) in [5.41, 5.74) is 3.27. The molecule has 0 aliphatic rings. The van der Waals surface area contributed by atoms with Crippen molar-refractivity contribution in [2.45, 2.75) is 51.9 Å². The van der Waals surface area contributed by atoms with Crippen LogP contribution in [0.4, 0.5) is 0 Å². The van der Waals surface area contributed by atoms with Crippen molar-refractivity contribution in [1.82, 2.24) is 0 Å². The molecule has 0 saturated carbocycles. The number of benzene rings is 3. The van der Waals surface area contributed by atoms with Gasteiger partial charge in [-0.25, -0.2) is 0 Å². The third-order valence-electron chi connectivity index (χ3n) is 5.38. The van der Waals surface area contributed by atoms with Gasteiger partial charge in [-0.05, 0) is 42.2 Å². The lowest BCUT2D eigenvalue weighted by Crippen LogP contribution is -2.20. The van der Waals surface area contributed by atoms with Crippen LogP contribution in [0.2, 0.25) is 0 Å². The Hall–Kier alpha value is -2.35. The third kappa shape index (κ3) is 5.84. The van der Waals surface area contributed by atoms with Crippen LogP contribution < -0.4 is 9.05 Å². The maximum Gasteiger partial charge on any atom is 0.460 e. The van der Waals surface area contributed by atoms with Crippen LogP contribution in [-0.4, -0.2) is 4.89 Å². The Morgan fingerprint density at radius 3 is 2.17 bits per heavy atom. The quantitative estimate of drug-likeness (QED) is 0.273. The normalized spacial score (nSPS) is 12.4. The van der Waals surface area contributed by atoms with Crippen LogP contribution in [0.1, 0.15) is 56.7 Å². The number of unbranched alkanes of at least 4 members (excludes halogenated alkanes) is 2. The molecule has 1 atom stereocenters. The third-order valence-corrected chi connectivity index (χ3v) is 6.10. The van der Waals surface area contributed by atoms with Crippen molar-refractivity contribution in [1.29, 1.82) is 0 Å². The van der Waals surface area contributed by atoms with Gasteiger partial charge in [0.25, 0.3) is 0 Å². The molecule has 0 heterocycles. The van der Waals surface area contributed by atoms with Crippen LogP contribution in [0, 0.1) is 0 Å². The Bertz CT molecular complexity index is 910. The monoisotopic (exact) mass is 422 g/mol. The second-order valence-electron chi connectivity index (χ2n) is 8.01. The topological polar surface area (TPSA) is 38.7 Å². The molecule has 30 heavy (non-hydrogen) atoms. The zero-order chi connectivity index (χ0) is 21.4. The van der Waals surface area contributed by atoms with Gasteiger partial charge in [0.2, 0.25) is 0 Å². The minimum atomic E-state index is -2.09. The Labute approximate surface area is 181 Å². The molecule has 3 rings (SSSR count). The van der Waals surface area contributed by atoms with Crippen molar-refractivity contribution in [2.75, 3.05) is 0 Å². The molecule has 0 spiro atoms. The van der Waals surface area contributed by atoms with Gasteiger partial charge in [0, 0.05) is 11.0 Å². The Kier molecular flexibility index (Phi) is 7.90. The number of rotatable bonds is 10. The van der Waals surface area contributed by atoms with Crippen molar-refractivity contribution in [3.8, 4) is 11.5 Å². The lowest BCUT2D eigenvalue weighted by molar-refractivity contribution is 0.377. The van der Waals surface area contributed by atoms with E-state index in [0.717, 1.165) is 12.0 Å². The minimum Gasteiger partial charge on any atom is -0.418 e. The first-order chi connectivity index (χ1) is 14.5. The highest BCUT2D eigenvalue weighted by Crippen LogP contribution is 2.43. The lowest BCUT2D eigenvalue weighted by atomic mass is 9.77. The highest BCUT2D eigenvalue weighted by Gasteiger charge is 2.28. The van der Waals surface area contributed by atoms with Crippen LogP contribution in [0.15, 0.2) is 78.9 Å². The van der Waals surface area contributed by atoms with E-state index < -0.39 is 8.60 Å². The van der Waals surface area contributed by atoms with E-state index in [1.54, 1.807) is 12.1 Å². The molecule has 0 saturated heterocycles. The molecule has 1 N–H and O–H groups in total. The lowest BCUT2D eigenvalue weighted by Gasteiger charge is -2.29. The molecule has 0 fully saturated rings. The van der Waals surface area contributed by atoms with Crippen molar-refractivity contribution in [3.05, 3.63) is 95.6 Å². The Balaban J connectivity index is 1.89. The fraction of sp³-hybridized carbons (Fsp3) is 0.308. The average molecular weight is 423 g/mol. The Morgan fingerprint density at radius 1 is 0.833 bits per heavy atom. The first-order valence-electron chi connectivity index (χ1n) is 10.6. The molecule has 0 aliphatic heterocycles. The minimum absolute atomic E-state index is 0.278. The molecule has 0 amide bonds. The summed E-state index contributed by atoms with van der Waals surface area (Å²) in [6.07, 6.45) is 4.64. The van der Waals surface area contributed by atoms with Crippen LogP contribution >= 0.6 is 8.60 Å². The van der Waals surface area contributed by atoms with Gasteiger partial charge in [0.05, 0.1) is 0 Å². The first-order valence-corrected chi connectivity index (χ1v) is 11.7. The molecular weight excluding hydrogens is 391 g/mol. The number of aryl methyl sites for hydroxylation is 1.